The van der Waals surface area contributed by atoms with E-state index in [0.717, 1.165) is 0 Å². The molecule has 0 spiro atoms. The summed E-state index contributed by atoms with van der Waals surface area (Å²) in [5.41, 5.74) is 0.0359. The number of ether oxygens (including phenoxy) is 2. The van der Waals surface area contributed by atoms with Gasteiger partial charge < -0.3 is 23.7 Å². The van der Waals surface area contributed by atoms with Crippen molar-refractivity contribution in [1.29, 1.82) is 0 Å². The highest BCUT2D eigenvalue weighted by molar-refractivity contribution is 6.33. The zero-order valence-corrected chi connectivity index (χ0v) is 21.8. The third-order valence-corrected chi connectivity index (χ3v) is 6.15. The summed E-state index contributed by atoms with van der Waals surface area (Å²) < 4.78 is 30.1. The summed E-state index contributed by atoms with van der Waals surface area (Å²) in [5.74, 6) is -0.370. The smallest absolute Gasteiger partial charge is 0.410 e. The van der Waals surface area contributed by atoms with Crippen LogP contribution in [-0.2, 0) is 9.53 Å². The highest BCUT2D eigenvalue weighted by Gasteiger charge is 2.30. The third-order valence-electron chi connectivity index (χ3n) is 5.84. The standard InChI is InChI=1S/C27H28ClFN2O6/c1-16(25(33)30-9-11-31(12-10-30)26(34)37-27(2,3)4)35-18-6-8-20-21(15-24(32)36-23(20)14-18)19-7-5-17(29)13-22(19)28/h5-8,13-16H,9-12H2,1-4H3/t16-/m1/s1. The minimum Gasteiger partial charge on any atom is -0.481 e. The van der Waals surface area contributed by atoms with Gasteiger partial charge in [0.1, 0.15) is 22.8 Å². The number of hydrogen-bond acceptors (Lipinski definition) is 6. The third kappa shape index (κ3) is 6.22. The molecule has 10 heteroatoms. The van der Waals surface area contributed by atoms with Gasteiger partial charge in [-0.15, -0.1) is 0 Å². The molecule has 1 atom stereocenters. The first kappa shape index (κ1) is 26.5. The highest BCUT2D eigenvalue weighted by Crippen LogP contribution is 2.34. The van der Waals surface area contributed by atoms with E-state index < -0.39 is 29.2 Å². The minimum atomic E-state index is -0.813. The molecule has 1 aliphatic heterocycles. The molecule has 37 heavy (non-hydrogen) atoms. The summed E-state index contributed by atoms with van der Waals surface area (Å²) in [6.45, 7) is 8.51. The van der Waals surface area contributed by atoms with Crippen molar-refractivity contribution in [2.75, 3.05) is 26.2 Å². The first-order valence-electron chi connectivity index (χ1n) is 11.9. The van der Waals surface area contributed by atoms with E-state index in [1.54, 1.807) is 49.6 Å². The maximum Gasteiger partial charge on any atom is 0.410 e. The van der Waals surface area contributed by atoms with Crippen LogP contribution in [-0.4, -0.2) is 59.7 Å². The van der Waals surface area contributed by atoms with Crippen molar-refractivity contribution in [1.82, 2.24) is 9.80 Å². The number of amides is 2. The number of piperazine rings is 1. The maximum absolute atomic E-state index is 13.5. The van der Waals surface area contributed by atoms with Crippen LogP contribution < -0.4 is 10.4 Å². The zero-order valence-electron chi connectivity index (χ0n) is 21.0. The lowest BCUT2D eigenvalue weighted by atomic mass is 10.0. The Morgan fingerprint density at radius 2 is 1.68 bits per heavy atom. The first-order valence-corrected chi connectivity index (χ1v) is 12.3. The van der Waals surface area contributed by atoms with Crippen molar-refractivity contribution >= 4 is 34.6 Å². The molecule has 2 amide bonds. The fourth-order valence-corrected chi connectivity index (χ4v) is 4.36. The molecule has 0 aliphatic carbocycles. The average Bonchev–Trinajstić information content (AvgIpc) is 2.82. The second-order valence-electron chi connectivity index (χ2n) is 9.81. The Morgan fingerprint density at radius 3 is 2.32 bits per heavy atom. The van der Waals surface area contributed by atoms with Gasteiger partial charge >= 0.3 is 11.7 Å². The molecule has 0 saturated carbocycles. The van der Waals surface area contributed by atoms with Gasteiger partial charge in [-0.2, -0.15) is 0 Å². The van der Waals surface area contributed by atoms with E-state index in [9.17, 15) is 18.8 Å². The van der Waals surface area contributed by atoms with Crippen molar-refractivity contribution in [2.24, 2.45) is 0 Å². The number of hydrogen-bond donors (Lipinski definition) is 0. The topological polar surface area (TPSA) is 89.3 Å². The Kier molecular flexibility index (Phi) is 7.45. The van der Waals surface area contributed by atoms with Crippen LogP contribution in [0.4, 0.5) is 9.18 Å². The molecule has 2 heterocycles. The van der Waals surface area contributed by atoms with Crippen LogP contribution >= 0.6 is 11.6 Å². The Morgan fingerprint density at radius 1 is 1.00 bits per heavy atom. The Hall–Kier alpha value is -3.59. The predicted octanol–water partition coefficient (Wildman–Crippen LogP) is 5.10. The summed E-state index contributed by atoms with van der Waals surface area (Å²) in [5, 5.41) is 0.746. The van der Waals surface area contributed by atoms with Crippen molar-refractivity contribution in [3.63, 3.8) is 0 Å². The van der Waals surface area contributed by atoms with E-state index in [-0.39, 0.29) is 16.5 Å². The number of halogens is 2. The van der Waals surface area contributed by atoms with Crippen LogP contribution in [0.3, 0.4) is 0 Å². The summed E-state index contributed by atoms with van der Waals surface area (Å²) in [6, 6.07) is 10.1. The van der Waals surface area contributed by atoms with E-state index in [1.165, 1.54) is 30.3 Å². The fourth-order valence-electron chi connectivity index (χ4n) is 4.09. The van der Waals surface area contributed by atoms with E-state index in [0.29, 0.717) is 48.4 Å². The lowest BCUT2D eigenvalue weighted by Gasteiger charge is -2.36. The fraction of sp³-hybridized carbons (Fsp3) is 0.370. The van der Waals surface area contributed by atoms with Gasteiger partial charge in [0.05, 0.1) is 5.02 Å². The minimum absolute atomic E-state index is 0.165. The molecule has 0 unspecified atom stereocenters. The molecule has 1 fully saturated rings. The zero-order chi connectivity index (χ0) is 26.9. The largest absolute Gasteiger partial charge is 0.481 e. The van der Waals surface area contributed by atoms with Crippen molar-refractivity contribution in [3.05, 3.63) is 63.7 Å². The molecule has 1 aliphatic rings. The molecule has 8 nitrogen and oxygen atoms in total. The van der Waals surface area contributed by atoms with Gasteiger partial charge in [-0.25, -0.2) is 14.0 Å². The number of benzene rings is 2. The van der Waals surface area contributed by atoms with Crippen LogP contribution in [0.15, 0.2) is 51.7 Å². The Bertz CT molecular complexity index is 1390. The summed E-state index contributed by atoms with van der Waals surface area (Å²) in [4.78, 5) is 40.7. The normalized spacial score (nSPS) is 15.0. The Labute approximate surface area is 218 Å². The molecule has 0 radical (unpaired) electrons. The second kappa shape index (κ2) is 10.4. The molecule has 0 bridgehead atoms. The van der Waals surface area contributed by atoms with Crippen LogP contribution in [0.1, 0.15) is 27.7 Å². The number of rotatable bonds is 4. The molecular weight excluding hydrogens is 503 g/mol. The molecule has 0 N–H and O–H groups in total. The van der Waals surface area contributed by atoms with Crippen LogP contribution in [0, 0.1) is 5.82 Å². The number of nitrogens with zero attached hydrogens (tertiary/aromatic N) is 2. The average molecular weight is 531 g/mol. The van der Waals surface area contributed by atoms with Gasteiger partial charge in [0.15, 0.2) is 6.10 Å². The molecule has 1 aromatic heterocycles. The lowest BCUT2D eigenvalue weighted by molar-refractivity contribution is -0.139. The summed E-state index contributed by atoms with van der Waals surface area (Å²) in [7, 11) is 0. The van der Waals surface area contributed by atoms with Crippen molar-refractivity contribution in [3.8, 4) is 16.9 Å². The quantitative estimate of drug-likeness (QED) is 0.436. The Balaban J connectivity index is 1.46. The highest BCUT2D eigenvalue weighted by atomic mass is 35.5. The molecule has 3 aromatic rings. The van der Waals surface area contributed by atoms with Crippen LogP contribution in [0.25, 0.3) is 22.1 Å². The monoisotopic (exact) mass is 530 g/mol. The van der Waals surface area contributed by atoms with E-state index in [1.807, 2.05) is 0 Å². The molecule has 4 rings (SSSR count). The number of carbonyl (C=O) groups excluding carboxylic acids is 2. The van der Waals surface area contributed by atoms with Gasteiger partial charge in [-0.3, -0.25) is 4.79 Å². The van der Waals surface area contributed by atoms with Crippen molar-refractivity contribution < 1.29 is 27.9 Å². The van der Waals surface area contributed by atoms with Gasteiger partial charge in [0.2, 0.25) is 0 Å². The second-order valence-corrected chi connectivity index (χ2v) is 10.2. The van der Waals surface area contributed by atoms with Gasteiger partial charge in [-0.1, -0.05) is 11.6 Å². The maximum atomic E-state index is 13.5. The summed E-state index contributed by atoms with van der Waals surface area (Å²) in [6.07, 6.45) is -1.21. The SMILES string of the molecule is C[C@@H](Oc1ccc2c(-c3ccc(F)cc3Cl)cc(=O)oc2c1)C(=O)N1CCN(C(=O)OC(C)(C)C)CC1. The molecule has 2 aromatic carbocycles. The molecule has 1 saturated heterocycles. The van der Waals surface area contributed by atoms with E-state index in [4.69, 9.17) is 25.5 Å². The van der Waals surface area contributed by atoms with Gasteiger partial charge in [0.25, 0.3) is 5.91 Å². The lowest BCUT2D eigenvalue weighted by Crippen LogP contribution is -2.54. The van der Waals surface area contributed by atoms with Crippen molar-refractivity contribution in [2.45, 2.75) is 39.4 Å². The number of fused-ring (bicyclic) bond motifs is 1. The van der Waals surface area contributed by atoms with Gasteiger partial charge in [-0.05, 0) is 58.0 Å². The van der Waals surface area contributed by atoms with Gasteiger partial charge in [0, 0.05) is 54.8 Å². The number of carbonyl (C=O) groups is 2. The summed E-state index contributed by atoms with van der Waals surface area (Å²) >= 11 is 6.21. The predicted molar refractivity (Wildman–Crippen MR) is 137 cm³/mol. The van der Waals surface area contributed by atoms with Crippen LogP contribution in [0.5, 0.6) is 5.75 Å². The van der Waals surface area contributed by atoms with E-state index in [2.05, 4.69) is 0 Å². The first-order chi connectivity index (χ1) is 17.4. The molecular formula is C27H28ClFN2O6. The molecule has 196 valence electrons. The van der Waals surface area contributed by atoms with Crippen LogP contribution in [0.2, 0.25) is 5.02 Å². The van der Waals surface area contributed by atoms with E-state index >= 15 is 0 Å².